The van der Waals surface area contributed by atoms with Crippen LogP contribution < -0.4 is 10.1 Å². The normalized spacial score (nSPS) is 13.7. The van der Waals surface area contributed by atoms with Crippen molar-refractivity contribution >= 4 is 5.69 Å². The van der Waals surface area contributed by atoms with Gasteiger partial charge in [-0.3, -0.25) is 4.68 Å². The highest BCUT2D eigenvalue weighted by Gasteiger charge is 2.14. The lowest BCUT2D eigenvalue weighted by Crippen LogP contribution is -2.13. The molecule has 0 bridgehead atoms. The Morgan fingerprint density at radius 1 is 1.40 bits per heavy atom. The van der Waals surface area contributed by atoms with Gasteiger partial charge in [-0.25, -0.2) is 0 Å². The minimum atomic E-state index is 0.562. The molecule has 1 aliphatic heterocycles. The van der Waals surface area contributed by atoms with Crippen LogP contribution in [0.1, 0.15) is 30.3 Å². The van der Waals surface area contributed by atoms with Crippen molar-refractivity contribution in [2.24, 2.45) is 0 Å². The van der Waals surface area contributed by atoms with Gasteiger partial charge >= 0.3 is 0 Å². The van der Waals surface area contributed by atoms with Gasteiger partial charge in [-0.1, -0.05) is 12.1 Å². The second-order valence-electron chi connectivity index (χ2n) is 5.20. The number of aryl methyl sites for hydroxylation is 3. The third kappa shape index (κ3) is 2.50. The second kappa shape index (κ2) is 5.57. The molecule has 4 nitrogen and oxygen atoms in total. The zero-order valence-electron chi connectivity index (χ0n) is 12.1. The van der Waals surface area contributed by atoms with E-state index in [-0.39, 0.29) is 0 Å². The summed E-state index contributed by atoms with van der Waals surface area (Å²) in [5.74, 6) is 0.948. The molecule has 2 aromatic rings. The largest absolute Gasteiger partial charge is 0.485 e. The fraction of sp³-hybridized carbons (Fsp3) is 0.438. The zero-order chi connectivity index (χ0) is 13.9. The van der Waals surface area contributed by atoms with Crippen LogP contribution >= 0.6 is 0 Å². The standard InChI is InChI=1S/C16H21N3O/c1-3-19-14(10-12(2)18-19)11-20-15-8-4-6-13-7-5-9-17-16(13)15/h4,6,8,10,17H,3,5,7,9,11H2,1-2H3. The SMILES string of the molecule is CCn1nc(C)cc1COc1cccc2c1NCCC2. The highest BCUT2D eigenvalue weighted by atomic mass is 16.5. The Hall–Kier alpha value is -1.97. The molecule has 20 heavy (non-hydrogen) atoms. The molecule has 3 rings (SSSR count). The van der Waals surface area contributed by atoms with E-state index in [9.17, 15) is 0 Å². The number of aromatic nitrogens is 2. The van der Waals surface area contributed by atoms with Crippen LogP contribution in [-0.4, -0.2) is 16.3 Å². The number of anilines is 1. The Kier molecular flexibility index (Phi) is 3.63. The Morgan fingerprint density at radius 2 is 2.30 bits per heavy atom. The Morgan fingerprint density at radius 3 is 3.15 bits per heavy atom. The van der Waals surface area contributed by atoms with Gasteiger partial charge < -0.3 is 10.1 Å². The second-order valence-corrected chi connectivity index (χ2v) is 5.20. The molecule has 0 aliphatic carbocycles. The number of ether oxygens (including phenoxy) is 1. The van der Waals surface area contributed by atoms with Crippen LogP contribution in [0.2, 0.25) is 0 Å². The quantitative estimate of drug-likeness (QED) is 0.928. The maximum absolute atomic E-state index is 6.02. The number of para-hydroxylation sites is 1. The molecule has 0 unspecified atom stereocenters. The van der Waals surface area contributed by atoms with Gasteiger partial charge in [0.2, 0.25) is 0 Å². The summed E-state index contributed by atoms with van der Waals surface area (Å²) in [4.78, 5) is 0. The molecule has 1 N–H and O–H groups in total. The summed E-state index contributed by atoms with van der Waals surface area (Å²) in [5.41, 5.74) is 4.68. The van der Waals surface area contributed by atoms with Crippen molar-refractivity contribution in [2.45, 2.75) is 39.8 Å². The van der Waals surface area contributed by atoms with Crippen LogP contribution in [0.5, 0.6) is 5.75 Å². The van der Waals surface area contributed by atoms with Gasteiger partial charge in [-0.15, -0.1) is 0 Å². The van der Waals surface area contributed by atoms with Crippen LogP contribution in [0.25, 0.3) is 0 Å². The monoisotopic (exact) mass is 271 g/mol. The van der Waals surface area contributed by atoms with E-state index < -0.39 is 0 Å². The molecule has 1 aromatic heterocycles. The number of fused-ring (bicyclic) bond motifs is 1. The fourth-order valence-corrected chi connectivity index (χ4v) is 2.74. The van der Waals surface area contributed by atoms with Crippen LogP contribution in [0, 0.1) is 6.92 Å². The average Bonchev–Trinajstić information content (AvgIpc) is 2.85. The van der Waals surface area contributed by atoms with Crippen molar-refractivity contribution in [1.29, 1.82) is 0 Å². The Balaban J connectivity index is 1.78. The number of benzene rings is 1. The maximum atomic E-state index is 6.02. The molecule has 0 spiro atoms. The first-order valence-corrected chi connectivity index (χ1v) is 7.30. The van der Waals surface area contributed by atoms with E-state index in [1.807, 2.05) is 17.7 Å². The van der Waals surface area contributed by atoms with Gasteiger partial charge in [0.25, 0.3) is 0 Å². The summed E-state index contributed by atoms with van der Waals surface area (Å²) < 4.78 is 8.02. The molecular formula is C16H21N3O. The number of rotatable bonds is 4. The summed E-state index contributed by atoms with van der Waals surface area (Å²) in [5, 5.41) is 7.90. The topological polar surface area (TPSA) is 39.1 Å². The minimum absolute atomic E-state index is 0.562. The van der Waals surface area contributed by atoms with Crippen LogP contribution in [0.15, 0.2) is 24.3 Å². The molecular weight excluding hydrogens is 250 g/mol. The smallest absolute Gasteiger partial charge is 0.143 e. The lowest BCUT2D eigenvalue weighted by atomic mass is 10.0. The molecule has 0 amide bonds. The third-order valence-corrected chi connectivity index (χ3v) is 3.70. The Bertz CT molecular complexity index is 604. The molecule has 1 aliphatic rings. The van der Waals surface area contributed by atoms with E-state index >= 15 is 0 Å². The van der Waals surface area contributed by atoms with Crippen molar-refractivity contribution in [1.82, 2.24) is 9.78 Å². The molecule has 0 saturated carbocycles. The zero-order valence-corrected chi connectivity index (χ0v) is 12.1. The number of hydrogen-bond donors (Lipinski definition) is 1. The average molecular weight is 271 g/mol. The van der Waals surface area contributed by atoms with E-state index in [2.05, 4.69) is 35.5 Å². The third-order valence-electron chi connectivity index (χ3n) is 3.70. The minimum Gasteiger partial charge on any atom is -0.485 e. The molecule has 0 atom stereocenters. The lowest BCUT2D eigenvalue weighted by molar-refractivity contribution is 0.293. The van der Waals surface area contributed by atoms with E-state index in [1.165, 1.54) is 12.0 Å². The van der Waals surface area contributed by atoms with Gasteiger partial charge in [0.1, 0.15) is 12.4 Å². The number of nitrogens with zero attached hydrogens (tertiary/aromatic N) is 2. The van der Waals surface area contributed by atoms with Gasteiger partial charge in [-0.05, 0) is 44.4 Å². The van der Waals surface area contributed by atoms with Crippen molar-refractivity contribution in [3.63, 3.8) is 0 Å². The summed E-state index contributed by atoms with van der Waals surface area (Å²) >= 11 is 0. The fourth-order valence-electron chi connectivity index (χ4n) is 2.74. The summed E-state index contributed by atoms with van der Waals surface area (Å²) in [6.45, 7) is 6.58. The lowest BCUT2D eigenvalue weighted by Gasteiger charge is -2.21. The molecule has 2 heterocycles. The number of nitrogens with one attached hydrogen (secondary N) is 1. The van der Waals surface area contributed by atoms with Crippen LogP contribution in [0.4, 0.5) is 5.69 Å². The molecule has 0 saturated heterocycles. The van der Waals surface area contributed by atoms with E-state index in [0.717, 1.165) is 42.3 Å². The predicted octanol–water partition coefficient (Wildman–Crippen LogP) is 3.15. The highest BCUT2D eigenvalue weighted by Crippen LogP contribution is 2.32. The predicted molar refractivity (Wildman–Crippen MR) is 80.2 cm³/mol. The van der Waals surface area contributed by atoms with Crippen LogP contribution in [0.3, 0.4) is 0 Å². The summed E-state index contributed by atoms with van der Waals surface area (Å²) in [7, 11) is 0. The first-order chi connectivity index (χ1) is 9.78. The molecule has 0 radical (unpaired) electrons. The van der Waals surface area contributed by atoms with Crippen LogP contribution in [-0.2, 0) is 19.6 Å². The molecule has 4 heteroatoms. The van der Waals surface area contributed by atoms with Gasteiger partial charge in [0.05, 0.1) is 17.1 Å². The first kappa shape index (κ1) is 13.0. The summed E-state index contributed by atoms with van der Waals surface area (Å²) in [6.07, 6.45) is 2.32. The van der Waals surface area contributed by atoms with Crippen molar-refractivity contribution in [3.05, 3.63) is 41.2 Å². The summed E-state index contributed by atoms with van der Waals surface area (Å²) in [6, 6.07) is 8.38. The Labute approximate surface area is 119 Å². The van der Waals surface area contributed by atoms with Crippen molar-refractivity contribution < 1.29 is 4.74 Å². The first-order valence-electron chi connectivity index (χ1n) is 7.30. The van der Waals surface area contributed by atoms with Crippen molar-refractivity contribution in [3.8, 4) is 5.75 Å². The molecule has 1 aromatic carbocycles. The van der Waals surface area contributed by atoms with Crippen molar-refractivity contribution in [2.75, 3.05) is 11.9 Å². The van der Waals surface area contributed by atoms with Gasteiger partial charge in [0.15, 0.2) is 0 Å². The van der Waals surface area contributed by atoms with E-state index in [1.54, 1.807) is 0 Å². The van der Waals surface area contributed by atoms with E-state index in [4.69, 9.17) is 4.74 Å². The van der Waals surface area contributed by atoms with E-state index in [0.29, 0.717) is 6.61 Å². The highest BCUT2D eigenvalue weighted by molar-refractivity contribution is 5.63. The number of hydrogen-bond acceptors (Lipinski definition) is 3. The maximum Gasteiger partial charge on any atom is 0.143 e. The van der Waals surface area contributed by atoms with Gasteiger partial charge in [0, 0.05) is 13.1 Å². The van der Waals surface area contributed by atoms with Gasteiger partial charge in [-0.2, -0.15) is 5.10 Å². The molecule has 106 valence electrons. The molecule has 0 fully saturated rings.